The zero-order chi connectivity index (χ0) is 21.1. The predicted molar refractivity (Wildman–Crippen MR) is 107 cm³/mol. The predicted octanol–water partition coefficient (Wildman–Crippen LogP) is 1.89. The Bertz CT molecular complexity index is 1040. The summed E-state index contributed by atoms with van der Waals surface area (Å²) in [4.78, 5) is 14.4. The number of nitrogens with two attached hydrogens (primary N) is 1. The van der Waals surface area contributed by atoms with Crippen molar-refractivity contribution in [2.75, 3.05) is 13.3 Å². The molecule has 0 spiro atoms. The van der Waals surface area contributed by atoms with Gasteiger partial charge in [-0.15, -0.1) is 0 Å². The first-order chi connectivity index (χ1) is 12.9. The van der Waals surface area contributed by atoms with Crippen LogP contribution < -0.4 is 5.14 Å². The Kier molecular flexibility index (Phi) is 6.63. The Labute approximate surface area is 166 Å². The van der Waals surface area contributed by atoms with Crippen molar-refractivity contribution in [3.63, 3.8) is 0 Å². The van der Waals surface area contributed by atoms with E-state index in [0.29, 0.717) is 6.42 Å². The molecule has 0 aliphatic heterocycles. The maximum absolute atomic E-state index is 12.5. The molecule has 1 atom stereocenters. The van der Waals surface area contributed by atoms with Crippen LogP contribution in [0.4, 0.5) is 0 Å². The van der Waals surface area contributed by atoms with Crippen LogP contribution in [0.3, 0.4) is 0 Å². The van der Waals surface area contributed by atoms with Gasteiger partial charge in [-0.05, 0) is 48.7 Å². The summed E-state index contributed by atoms with van der Waals surface area (Å²) in [5.74, 6) is -0.0739. The fourth-order valence-electron chi connectivity index (χ4n) is 2.71. The fourth-order valence-corrected chi connectivity index (χ4v) is 3.85. The van der Waals surface area contributed by atoms with Gasteiger partial charge in [0.25, 0.3) is 0 Å². The molecule has 0 bridgehead atoms. The van der Waals surface area contributed by atoms with E-state index in [-0.39, 0.29) is 28.2 Å². The van der Waals surface area contributed by atoms with Crippen LogP contribution in [0.2, 0.25) is 0 Å². The second-order valence-corrected chi connectivity index (χ2v) is 10.3. The van der Waals surface area contributed by atoms with Crippen molar-refractivity contribution in [3.05, 3.63) is 59.7 Å². The zero-order valence-corrected chi connectivity index (χ0v) is 17.6. The van der Waals surface area contributed by atoms with Crippen molar-refractivity contribution >= 4 is 25.8 Å². The molecule has 7 nitrogen and oxygen atoms in total. The lowest BCUT2D eigenvalue weighted by atomic mass is 10.1. The third-order valence-electron chi connectivity index (χ3n) is 4.64. The van der Waals surface area contributed by atoms with Gasteiger partial charge in [0, 0.05) is 19.7 Å². The largest absolute Gasteiger partial charge is 0.339 e. The molecule has 152 valence electrons. The third-order valence-corrected chi connectivity index (χ3v) is 6.70. The van der Waals surface area contributed by atoms with Crippen LogP contribution >= 0.6 is 0 Å². The second kappa shape index (κ2) is 8.42. The van der Waals surface area contributed by atoms with Crippen LogP contribution in [0, 0.1) is 0 Å². The molecule has 0 saturated heterocycles. The van der Waals surface area contributed by atoms with Crippen LogP contribution in [-0.2, 0) is 31.1 Å². The summed E-state index contributed by atoms with van der Waals surface area (Å²) in [7, 11) is -5.29. The van der Waals surface area contributed by atoms with E-state index in [0.717, 1.165) is 17.4 Å². The van der Waals surface area contributed by atoms with Crippen molar-refractivity contribution in [1.82, 2.24) is 4.90 Å². The summed E-state index contributed by atoms with van der Waals surface area (Å²) < 4.78 is 45.6. The van der Waals surface area contributed by atoms with Gasteiger partial charge in [-0.3, -0.25) is 4.79 Å². The Morgan fingerprint density at radius 1 is 0.964 bits per heavy atom. The van der Waals surface area contributed by atoms with Crippen molar-refractivity contribution in [3.8, 4) is 0 Å². The standard InChI is InChI=1S/C19H24N2O5S2/c1-14(16-7-11-17(12-8-16)27(3,23)24)21(2)19(22)13-6-15-4-9-18(10-5-15)28(20,25)26/h4-5,7-12,14H,6,13H2,1-3H3,(H2,20,25,26)/t14-/m0/s1. The summed E-state index contributed by atoms with van der Waals surface area (Å²) in [6, 6.07) is 12.4. The number of sulfonamides is 1. The first-order valence-corrected chi connectivity index (χ1v) is 12.0. The van der Waals surface area contributed by atoms with Crippen LogP contribution in [0.5, 0.6) is 0 Å². The minimum absolute atomic E-state index is 0.0332. The maximum Gasteiger partial charge on any atom is 0.238 e. The molecule has 0 radical (unpaired) electrons. The second-order valence-electron chi connectivity index (χ2n) is 6.71. The van der Waals surface area contributed by atoms with Crippen molar-refractivity contribution in [2.24, 2.45) is 5.14 Å². The molecule has 2 aromatic carbocycles. The number of carbonyl (C=O) groups is 1. The van der Waals surface area contributed by atoms with Crippen LogP contribution in [0.25, 0.3) is 0 Å². The molecule has 0 aliphatic carbocycles. The molecular weight excluding hydrogens is 400 g/mol. The monoisotopic (exact) mass is 424 g/mol. The smallest absolute Gasteiger partial charge is 0.238 e. The first kappa shape index (κ1) is 22.1. The molecule has 0 saturated carbocycles. The highest BCUT2D eigenvalue weighted by molar-refractivity contribution is 7.90. The number of nitrogens with zero attached hydrogens (tertiary/aromatic N) is 1. The molecule has 0 fully saturated rings. The van der Waals surface area contributed by atoms with Gasteiger partial charge >= 0.3 is 0 Å². The molecule has 9 heteroatoms. The van der Waals surface area contributed by atoms with E-state index in [2.05, 4.69) is 0 Å². The van der Waals surface area contributed by atoms with Gasteiger partial charge < -0.3 is 4.90 Å². The molecule has 2 N–H and O–H groups in total. The number of sulfone groups is 1. The van der Waals surface area contributed by atoms with Gasteiger partial charge in [-0.1, -0.05) is 24.3 Å². The van der Waals surface area contributed by atoms with Crippen molar-refractivity contribution < 1.29 is 21.6 Å². The van der Waals surface area contributed by atoms with E-state index in [1.807, 2.05) is 6.92 Å². The van der Waals surface area contributed by atoms with Gasteiger partial charge in [0.15, 0.2) is 9.84 Å². The van der Waals surface area contributed by atoms with E-state index in [1.165, 1.54) is 24.3 Å². The van der Waals surface area contributed by atoms with Gasteiger partial charge in [-0.25, -0.2) is 22.0 Å². The number of benzene rings is 2. The molecule has 2 rings (SSSR count). The number of primary sulfonamides is 1. The molecule has 2 aromatic rings. The summed E-state index contributed by atoms with van der Waals surface area (Å²) in [5.41, 5.74) is 1.67. The SMILES string of the molecule is C[C@@H](c1ccc(S(C)(=O)=O)cc1)N(C)C(=O)CCc1ccc(S(N)(=O)=O)cc1. The number of aryl methyl sites for hydroxylation is 1. The summed E-state index contributed by atoms with van der Waals surface area (Å²) in [5, 5.41) is 5.07. The lowest BCUT2D eigenvalue weighted by molar-refractivity contribution is -0.131. The summed E-state index contributed by atoms with van der Waals surface area (Å²) in [6.45, 7) is 1.87. The fraction of sp³-hybridized carbons (Fsp3) is 0.316. The first-order valence-electron chi connectivity index (χ1n) is 8.57. The van der Waals surface area contributed by atoms with E-state index in [1.54, 1.807) is 36.2 Å². The minimum Gasteiger partial charge on any atom is -0.339 e. The number of amides is 1. The van der Waals surface area contributed by atoms with E-state index in [9.17, 15) is 21.6 Å². The lowest BCUT2D eigenvalue weighted by Crippen LogP contribution is -2.29. The normalized spacial score (nSPS) is 13.1. The number of hydrogen-bond acceptors (Lipinski definition) is 5. The third kappa shape index (κ3) is 5.63. The molecule has 0 unspecified atom stereocenters. The molecule has 28 heavy (non-hydrogen) atoms. The van der Waals surface area contributed by atoms with Gasteiger partial charge in [0.05, 0.1) is 15.8 Å². The quantitative estimate of drug-likeness (QED) is 0.729. The lowest BCUT2D eigenvalue weighted by Gasteiger charge is -2.25. The van der Waals surface area contributed by atoms with Crippen molar-refractivity contribution in [1.29, 1.82) is 0 Å². The van der Waals surface area contributed by atoms with Crippen LogP contribution in [-0.4, -0.2) is 40.9 Å². The van der Waals surface area contributed by atoms with E-state index in [4.69, 9.17) is 5.14 Å². The molecular formula is C19H24N2O5S2. The highest BCUT2D eigenvalue weighted by Gasteiger charge is 2.18. The Balaban J connectivity index is 2.00. The maximum atomic E-state index is 12.5. The highest BCUT2D eigenvalue weighted by atomic mass is 32.2. The number of hydrogen-bond donors (Lipinski definition) is 1. The zero-order valence-electron chi connectivity index (χ0n) is 16.0. The average Bonchev–Trinajstić information content (AvgIpc) is 2.64. The van der Waals surface area contributed by atoms with Crippen LogP contribution in [0.1, 0.15) is 30.5 Å². The summed E-state index contributed by atoms with van der Waals surface area (Å²) in [6.07, 6.45) is 1.88. The Hall–Kier alpha value is -2.23. The summed E-state index contributed by atoms with van der Waals surface area (Å²) >= 11 is 0. The minimum atomic E-state index is -3.73. The number of rotatable bonds is 7. The van der Waals surface area contributed by atoms with Gasteiger partial charge in [0.1, 0.15) is 0 Å². The molecule has 1 amide bonds. The van der Waals surface area contributed by atoms with Crippen molar-refractivity contribution in [2.45, 2.75) is 35.6 Å². The van der Waals surface area contributed by atoms with Gasteiger partial charge in [-0.2, -0.15) is 0 Å². The average molecular weight is 425 g/mol. The molecule has 0 aromatic heterocycles. The molecule has 0 heterocycles. The van der Waals surface area contributed by atoms with E-state index >= 15 is 0 Å². The molecule has 0 aliphatic rings. The highest BCUT2D eigenvalue weighted by Crippen LogP contribution is 2.22. The number of carbonyl (C=O) groups excluding carboxylic acids is 1. The van der Waals surface area contributed by atoms with Crippen LogP contribution in [0.15, 0.2) is 58.3 Å². The topological polar surface area (TPSA) is 115 Å². The Morgan fingerprint density at radius 2 is 1.46 bits per heavy atom. The van der Waals surface area contributed by atoms with E-state index < -0.39 is 19.9 Å². The Morgan fingerprint density at radius 3 is 1.93 bits per heavy atom. The van der Waals surface area contributed by atoms with Gasteiger partial charge in [0.2, 0.25) is 15.9 Å².